The van der Waals surface area contributed by atoms with E-state index in [9.17, 15) is 0 Å². The Bertz CT molecular complexity index is 395. The molecule has 4 heteroatoms. The van der Waals surface area contributed by atoms with Crippen LogP contribution in [0.1, 0.15) is 44.2 Å². The van der Waals surface area contributed by atoms with E-state index in [4.69, 9.17) is 14.6 Å². The maximum absolute atomic E-state index is 8.70. The summed E-state index contributed by atoms with van der Waals surface area (Å²) in [6.07, 6.45) is 4.34. The van der Waals surface area contributed by atoms with Crippen LogP contribution in [0.4, 0.5) is 0 Å². The minimum absolute atomic E-state index is 0.307. The van der Waals surface area contributed by atoms with Crippen molar-refractivity contribution in [2.45, 2.75) is 38.6 Å². The molecule has 106 valence electrons. The summed E-state index contributed by atoms with van der Waals surface area (Å²) in [5.41, 5.74) is 1.22. The van der Waals surface area contributed by atoms with Crippen LogP contribution >= 0.6 is 0 Å². The highest BCUT2D eigenvalue weighted by molar-refractivity contribution is 5.45. The van der Waals surface area contributed by atoms with Gasteiger partial charge in [-0.05, 0) is 44.0 Å². The summed E-state index contributed by atoms with van der Waals surface area (Å²) >= 11 is 0. The first-order valence-electron chi connectivity index (χ1n) is 7.05. The zero-order chi connectivity index (χ0) is 13.5. The first-order valence-corrected chi connectivity index (χ1v) is 7.05. The van der Waals surface area contributed by atoms with Crippen LogP contribution < -0.4 is 14.8 Å². The third kappa shape index (κ3) is 4.11. The van der Waals surface area contributed by atoms with Crippen LogP contribution in [0.25, 0.3) is 0 Å². The van der Waals surface area contributed by atoms with Gasteiger partial charge in [0.25, 0.3) is 0 Å². The Kier molecular flexibility index (Phi) is 5.48. The van der Waals surface area contributed by atoms with Crippen LogP contribution in [0, 0.1) is 0 Å². The Labute approximate surface area is 114 Å². The SMILES string of the molecule is CC(NCCCCCCO)c1ccc2c(c1)OCO2. The van der Waals surface area contributed by atoms with Crippen molar-refractivity contribution in [2.24, 2.45) is 0 Å². The van der Waals surface area contributed by atoms with Gasteiger partial charge in [0.2, 0.25) is 6.79 Å². The molecule has 1 unspecified atom stereocenters. The lowest BCUT2D eigenvalue weighted by atomic mass is 10.1. The zero-order valence-corrected chi connectivity index (χ0v) is 11.5. The fourth-order valence-electron chi connectivity index (χ4n) is 2.21. The Morgan fingerprint density at radius 2 is 1.95 bits per heavy atom. The third-order valence-corrected chi connectivity index (χ3v) is 3.43. The summed E-state index contributed by atoms with van der Waals surface area (Å²) in [6, 6.07) is 6.41. The van der Waals surface area contributed by atoms with Crippen molar-refractivity contribution in [1.82, 2.24) is 5.32 Å². The molecule has 1 aromatic carbocycles. The molecule has 2 rings (SSSR count). The number of hydrogen-bond acceptors (Lipinski definition) is 4. The van der Waals surface area contributed by atoms with Crippen LogP contribution in [0.3, 0.4) is 0 Å². The van der Waals surface area contributed by atoms with Crippen molar-refractivity contribution >= 4 is 0 Å². The maximum Gasteiger partial charge on any atom is 0.231 e. The van der Waals surface area contributed by atoms with E-state index in [0.717, 1.165) is 37.3 Å². The quantitative estimate of drug-likeness (QED) is 0.709. The van der Waals surface area contributed by atoms with E-state index in [1.54, 1.807) is 0 Å². The third-order valence-electron chi connectivity index (χ3n) is 3.43. The van der Waals surface area contributed by atoms with Gasteiger partial charge in [0, 0.05) is 12.6 Å². The highest BCUT2D eigenvalue weighted by atomic mass is 16.7. The summed E-state index contributed by atoms with van der Waals surface area (Å²) in [5, 5.41) is 12.2. The molecule has 0 fully saturated rings. The number of hydrogen-bond donors (Lipinski definition) is 2. The van der Waals surface area contributed by atoms with Gasteiger partial charge in [-0.25, -0.2) is 0 Å². The number of nitrogens with one attached hydrogen (secondary N) is 1. The number of rotatable bonds is 8. The van der Waals surface area contributed by atoms with Gasteiger partial charge in [0.15, 0.2) is 11.5 Å². The van der Waals surface area contributed by atoms with Crippen molar-refractivity contribution in [1.29, 1.82) is 0 Å². The van der Waals surface area contributed by atoms with Gasteiger partial charge in [0.05, 0.1) is 0 Å². The zero-order valence-electron chi connectivity index (χ0n) is 11.5. The molecular formula is C15H23NO3. The molecule has 1 heterocycles. The fourth-order valence-corrected chi connectivity index (χ4v) is 2.21. The molecule has 0 aromatic heterocycles. The number of fused-ring (bicyclic) bond motifs is 1. The summed E-state index contributed by atoms with van der Waals surface area (Å²) < 4.78 is 10.7. The molecule has 1 aliphatic heterocycles. The van der Waals surface area contributed by atoms with E-state index in [2.05, 4.69) is 18.3 Å². The van der Waals surface area contributed by atoms with E-state index < -0.39 is 0 Å². The molecule has 1 atom stereocenters. The Morgan fingerprint density at radius 3 is 2.79 bits per heavy atom. The lowest BCUT2D eigenvalue weighted by molar-refractivity contribution is 0.174. The van der Waals surface area contributed by atoms with Crippen molar-refractivity contribution in [2.75, 3.05) is 19.9 Å². The minimum atomic E-state index is 0.307. The summed E-state index contributed by atoms with van der Waals surface area (Å²) in [6.45, 7) is 3.79. The largest absolute Gasteiger partial charge is 0.454 e. The predicted molar refractivity (Wildman–Crippen MR) is 74.5 cm³/mol. The Morgan fingerprint density at radius 1 is 1.16 bits per heavy atom. The second-order valence-electron chi connectivity index (χ2n) is 4.93. The van der Waals surface area contributed by atoms with Crippen LogP contribution in [0.5, 0.6) is 11.5 Å². The van der Waals surface area contributed by atoms with Crippen molar-refractivity contribution in [3.63, 3.8) is 0 Å². The lowest BCUT2D eigenvalue weighted by Crippen LogP contribution is -2.19. The number of aliphatic hydroxyl groups excluding tert-OH is 1. The second-order valence-corrected chi connectivity index (χ2v) is 4.93. The van der Waals surface area contributed by atoms with Crippen LogP contribution in [-0.4, -0.2) is 25.1 Å². The van der Waals surface area contributed by atoms with Crippen LogP contribution in [0.2, 0.25) is 0 Å². The van der Waals surface area contributed by atoms with Gasteiger partial charge in [0.1, 0.15) is 0 Å². The van der Waals surface area contributed by atoms with Gasteiger partial charge < -0.3 is 19.9 Å². The maximum atomic E-state index is 8.70. The van der Waals surface area contributed by atoms with Gasteiger partial charge in [-0.3, -0.25) is 0 Å². The van der Waals surface area contributed by atoms with Gasteiger partial charge >= 0.3 is 0 Å². The predicted octanol–water partition coefficient (Wildman–Crippen LogP) is 2.62. The second kappa shape index (κ2) is 7.36. The smallest absolute Gasteiger partial charge is 0.231 e. The molecule has 0 bridgehead atoms. The fraction of sp³-hybridized carbons (Fsp3) is 0.600. The molecule has 0 saturated heterocycles. The van der Waals surface area contributed by atoms with Gasteiger partial charge in [-0.1, -0.05) is 18.9 Å². The van der Waals surface area contributed by atoms with E-state index in [1.165, 1.54) is 12.0 Å². The number of unbranched alkanes of at least 4 members (excludes halogenated alkanes) is 3. The molecule has 1 aliphatic rings. The average molecular weight is 265 g/mol. The molecule has 19 heavy (non-hydrogen) atoms. The van der Waals surface area contributed by atoms with Crippen molar-refractivity contribution in [3.05, 3.63) is 23.8 Å². The van der Waals surface area contributed by atoms with Crippen LogP contribution in [-0.2, 0) is 0 Å². The van der Waals surface area contributed by atoms with E-state index in [1.807, 2.05) is 12.1 Å². The molecule has 0 saturated carbocycles. The van der Waals surface area contributed by atoms with Gasteiger partial charge in [-0.2, -0.15) is 0 Å². The van der Waals surface area contributed by atoms with E-state index in [-0.39, 0.29) is 0 Å². The van der Waals surface area contributed by atoms with Crippen molar-refractivity contribution in [3.8, 4) is 11.5 Å². The van der Waals surface area contributed by atoms with Crippen molar-refractivity contribution < 1.29 is 14.6 Å². The summed E-state index contributed by atoms with van der Waals surface area (Å²) in [5.74, 6) is 1.68. The topological polar surface area (TPSA) is 50.7 Å². The Hall–Kier alpha value is -1.26. The highest BCUT2D eigenvalue weighted by Gasteiger charge is 2.15. The lowest BCUT2D eigenvalue weighted by Gasteiger charge is -2.14. The molecular weight excluding hydrogens is 242 g/mol. The molecule has 0 amide bonds. The van der Waals surface area contributed by atoms with Crippen LogP contribution in [0.15, 0.2) is 18.2 Å². The number of aliphatic hydroxyl groups is 1. The Balaban J connectivity index is 1.72. The molecule has 2 N–H and O–H groups in total. The molecule has 0 spiro atoms. The molecule has 0 radical (unpaired) electrons. The summed E-state index contributed by atoms with van der Waals surface area (Å²) in [7, 11) is 0. The van der Waals surface area contributed by atoms with E-state index in [0.29, 0.717) is 19.4 Å². The number of benzene rings is 1. The summed E-state index contributed by atoms with van der Waals surface area (Å²) in [4.78, 5) is 0. The minimum Gasteiger partial charge on any atom is -0.454 e. The standard InChI is InChI=1S/C15H23NO3/c1-12(16-8-4-2-3-5-9-17)13-6-7-14-15(10-13)19-11-18-14/h6-7,10,12,16-17H,2-5,8-9,11H2,1H3. The molecule has 4 nitrogen and oxygen atoms in total. The highest BCUT2D eigenvalue weighted by Crippen LogP contribution is 2.34. The van der Waals surface area contributed by atoms with E-state index >= 15 is 0 Å². The monoisotopic (exact) mass is 265 g/mol. The first-order chi connectivity index (χ1) is 9.31. The normalized spacial score (nSPS) is 14.6. The molecule has 1 aromatic rings. The van der Waals surface area contributed by atoms with Gasteiger partial charge in [-0.15, -0.1) is 0 Å². The number of ether oxygens (including phenoxy) is 2. The average Bonchev–Trinajstić information content (AvgIpc) is 2.89. The molecule has 0 aliphatic carbocycles. The first kappa shape index (κ1) is 14.2.